The van der Waals surface area contributed by atoms with Gasteiger partial charge in [0.05, 0.1) is 31.3 Å². The number of carbonyl (C=O) groups excluding carboxylic acids is 13. The number of allylic oxidation sites excluding steroid dienone is 1. The molecule has 0 radical (unpaired) electrons. The predicted octanol–water partition coefficient (Wildman–Crippen LogP) is 22.6. The van der Waals surface area contributed by atoms with Gasteiger partial charge in [0.15, 0.2) is 63.5 Å². The monoisotopic (exact) mass is 2110 g/mol. The molecule has 14 rings (SSSR count). The van der Waals surface area contributed by atoms with E-state index in [9.17, 15) is 72.5 Å². The number of nitrogen functional groups attached to an aromatic ring is 1. The van der Waals surface area contributed by atoms with E-state index < -0.39 is 29.6 Å². The Morgan fingerprint density at radius 1 is 0.507 bits per heavy atom. The Hall–Kier alpha value is -14.0. The van der Waals surface area contributed by atoms with Gasteiger partial charge in [-0.25, -0.2) is 4.98 Å². The van der Waals surface area contributed by atoms with Crippen molar-refractivity contribution in [1.29, 1.82) is 0 Å². The highest BCUT2D eigenvalue weighted by atomic mass is 79.9. The van der Waals surface area contributed by atoms with Gasteiger partial charge in [-0.15, -0.1) is 23.2 Å². The number of aromatic hydroxyl groups is 3. The zero-order chi connectivity index (χ0) is 110. The lowest BCUT2D eigenvalue weighted by Crippen LogP contribution is -2.35. The third kappa shape index (κ3) is 33.0. The van der Waals surface area contributed by atoms with Crippen molar-refractivity contribution in [2.24, 2.45) is 52.9 Å². The van der Waals surface area contributed by atoms with Crippen LogP contribution in [0.3, 0.4) is 0 Å². The van der Waals surface area contributed by atoms with Crippen LogP contribution in [-0.2, 0) is 77.0 Å². The number of nitrogens with two attached hydrogens (primary N) is 3. The summed E-state index contributed by atoms with van der Waals surface area (Å²) in [6, 6.07) is 61.7. The Morgan fingerprint density at radius 3 is 1.64 bits per heavy atom. The van der Waals surface area contributed by atoms with Crippen molar-refractivity contribution >= 4 is 138 Å². The van der Waals surface area contributed by atoms with Gasteiger partial charge in [0.25, 0.3) is 5.91 Å². The molecular formula is C120H135BrCl2N6O19. The van der Waals surface area contributed by atoms with E-state index >= 15 is 0 Å². The van der Waals surface area contributed by atoms with Crippen molar-refractivity contribution in [3.05, 3.63) is 329 Å². The molecule has 10 aromatic carbocycles. The minimum Gasteiger partial charge on any atom is -0.504 e. The van der Waals surface area contributed by atoms with E-state index in [1.54, 1.807) is 99.5 Å². The number of amides is 1. The van der Waals surface area contributed by atoms with Gasteiger partial charge in [-0.3, -0.25) is 62.3 Å². The summed E-state index contributed by atoms with van der Waals surface area (Å²) < 4.78 is 16.8. The van der Waals surface area contributed by atoms with Crippen LogP contribution < -0.4 is 41.2 Å². The number of phenolic OH excluding ortho intramolecular Hbond substituents is 3. The summed E-state index contributed by atoms with van der Waals surface area (Å²) in [5, 5.41) is 27.8. The van der Waals surface area contributed by atoms with Crippen LogP contribution in [-0.4, -0.2) is 140 Å². The van der Waals surface area contributed by atoms with Crippen LogP contribution in [0.2, 0.25) is 0 Å². The Kier molecular flexibility index (Phi) is 45.3. The van der Waals surface area contributed by atoms with Crippen molar-refractivity contribution in [2.45, 2.75) is 187 Å². The summed E-state index contributed by atoms with van der Waals surface area (Å²) in [4.78, 5) is 166. The highest BCUT2D eigenvalue weighted by Crippen LogP contribution is 2.41. The molecule has 1 amide bonds. The molecule has 9 N–H and O–H groups in total. The lowest BCUT2D eigenvalue weighted by atomic mass is 9.79. The fourth-order valence-corrected chi connectivity index (χ4v) is 16.9. The second kappa shape index (κ2) is 56.2. The number of phenols is 3. The van der Waals surface area contributed by atoms with Gasteiger partial charge in [-0.2, -0.15) is 0 Å². The van der Waals surface area contributed by atoms with Crippen molar-refractivity contribution < 1.29 is 91.9 Å². The number of rotatable bonds is 34. The normalized spacial score (nSPS) is 12.7. The number of esters is 1. The first-order valence-electron chi connectivity index (χ1n) is 49.3. The number of aromatic nitrogens is 1. The molecule has 2 aliphatic heterocycles. The number of pyridine rings is 1. The van der Waals surface area contributed by atoms with E-state index in [1.165, 1.54) is 69.5 Å². The first kappa shape index (κ1) is 119. The molecule has 0 spiro atoms. The van der Waals surface area contributed by atoms with E-state index in [-0.39, 0.29) is 175 Å². The summed E-state index contributed by atoms with van der Waals surface area (Å²) in [7, 11) is 1.49. The predicted molar refractivity (Wildman–Crippen MR) is 587 cm³/mol. The number of ether oxygens (including phenoxy) is 3. The van der Waals surface area contributed by atoms with Gasteiger partial charge >= 0.3 is 5.97 Å². The molecule has 0 saturated heterocycles. The Labute approximate surface area is 885 Å². The summed E-state index contributed by atoms with van der Waals surface area (Å²) in [6.07, 6.45) is 6.89. The quantitative estimate of drug-likeness (QED) is 0.00415. The number of nitrogens with zero attached hydrogens (tertiary/aromatic N) is 3. The number of anilines is 3. The van der Waals surface area contributed by atoms with E-state index in [1.807, 2.05) is 192 Å². The second-order valence-corrected chi connectivity index (χ2v) is 40.3. The molecule has 1 aromatic heterocycles. The van der Waals surface area contributed by atoms with Crippen molar-refractivity contribution in [2.75, 3.05) is 47.5 Å². The fraction of sp³-hybridized carbons (Fsp3) is 0.333. The molecule has 0 fully saturated rings. The van der Waals surface area contributed by atoms with Gasteiger partial charge in [0, 0.05) is 177 Å². The van der Waals surface area contributed by atoms with Crippen LogP contribution >= 0.6 is 39.1 Å². The maximum atomic E-state index is 13.3. The van der Waals surface area contributed by atoms with Crippen LogP contribution in [0.1, 0.15) is 261 Å². The molecule has 148 heavy (non-hydrogen) atoms. The van der Waals surface area contributed by atoms with Crippen molar-refractivity contribution in [3.8, 4) is 40.4 Å². The molecule has 3 aliphatic rings. The molecule has 25 nitrogen and oxygen atoms in total. The Bertz CT molecular complexity index is 6640. The molecule has 4 atom stereocenters. The lowest BCUT2D eigenvalue weighted by molar-refractivity contribution is -0.132. The minimum atomic E-state index is -0.619. The van der Waals surface area contributed by atoms with E-state index in [2.05, 4.69) is 31.9 Å². The maximum absolute atomic E-state index is 13.3. The number of hydrogen-bond donors (Lipinski definition) is 6. The summed E-state index contributed by atoms with van der Waals surface area (Å²) in [5.41, 5.74) is 31.5. The SMILES string of the molecule is CC(=O)Cc1cc(C(=O)C(C)C)cc2c1C(=O)c1c(OC(C)=O)cccc1C2=O.CC(C)C(=O)C(C)c1ccc(N2Cc3ccccc3C2=O)cc1.CC(C)C(=O)C(C)c1ccc2c(c1)Cc1cccnc1O2.CC(C)C(=O)Cc1cccc(C(=O)c2ccc(Br)cc2)c1N.CC(C)C(=O)[C@@H](N)Cc1ccc(N(CCCl)CCCl)cc1.CC(C)C(=O)[C@@H](N)Cc1ccc(O)c(O)c1.COc1cc(/C=C/C(=O)C(C)C)ccc1O. The van der Waals surface area contributed by atoms with Gasteiger partial charge in [0.2, 0.25) is 5.88 Å². The molecule has 2 unspecified atom stereocenters. The number of halogens is 3. The smallest absolute Gasteiger partial charge is 0.308 e. The van der Waals surface area contributed by atoms with Crippen LogP contribution in [0.25, 0.3) is 6.08 Å². The molecule has 0 bridgehead atoms. The molecule has 1 aliphatic carbocycles. The topological polar surface area (TPSA) is 408 Å². The van der Waals surface area contributed by atoms with Crippen LogP contribution in [0.5, 0.6) is 40.4 Å². The van der Waals surface area contributed by atoms with Gasteiger partial charge in [0.1, 0.15) is 34.6 Å². The minimum absolute atomic E-state index is 0.00439. The Balaban J connectivity index is 0.000000212. The molecule has 28 heteroatoms. The summed E-state index contributed by atoms with van der Waals surface area (Å²) in [5.74, 6) is 0.901. The van der Waals surface area contributed by atoms with Crippen LogP contribution in [0.4, 0.5) is 17.1 Å². The zero-order valence-corrected chi connectivity index (χ0v) is 90.5. The highest BCUT2D eigenvalue weighted by Gasteiger charge is 2.37. The third-order valence-electron chi connectivity index (χ3n) is 24.8. The first-order valence-corrected chi connectivity index (χ1v) is 51.1. The largest absolute Gasteiger partial charge is 0.504 e. The summed E-state index contributed by atoms with van der Waals surface area (Å²) in [6.45, 7) is 34.6. The average Bonchev–Trinajstić information content (AvgIpc) is 1.26. The summed E-state index contributed by atoms with van der Waals surface area (Å²) >= 11 is 15.0. The van der Waals surface area contributed by atoms with Crippen molar-refractivity contribution in [3.63, 3.8) is 0 Å². The van der Waals surface area contributed by atoms with Crippen molar-refractivity contribution in [1.82, 2.24) is 4.98 Å². The fourth-order valence-electron chi connectivity index (χ4n) is 16.3. The van der Waals surface area contributed by atoms with E-state index in [4.69, 9.17) is 59.7 Å². The van der Waals surface area contributed by atoms with Gasteiger partial charge in [-0.05, 0) is 191 Å². The number of fused-ring (bicyclic) bond motifs is 5. The Morgan fingerprint density at radius 2 is 1.07 bits per heavy atom. The van der Waals surface area contributed by atoms with Gasteiger partial charge < -0.3 is 56.5 Å². The van der Waals surface area contributed by atoms with Crippen LogP contribution in [0, 0.1) is 41.4 Å². The second-order valence-electron chi connectivity index (χ2n) is 38.6. The number of benzene rings is 10. The third-order valence-corrected chi connectivity index (χ3v) is 25.7. The van der Waals surface area contributed by atoms with Crippen LogP contribution in [0.15, 0.2) is 229 Å². The number of ketones is 11. The average molecular weight is 2120 g/mol. The molecule has 11 aromatic rings. The molecule has 3 heterocycles. The molecular weight excluding hydrogens is 1980 g/mol. The number of para-hydroxylation sites is 1. The maximum Gasteiger partial charge on any atom is 0.308 e. The number of hydrogen-bond acceptors (Lipinski definition) is 24. The number of methoxy groups -OCH3 is 1. The van der Waals surface area contributed by atoms with Gasteiger partial charge in [-0.1, -0.05) is 230 Å². The standard InChI is InChI=1S/C23H20O6.C20H21NO2.C18H18BrNO2.C18H19NO2.C16H24Cl2N2O.C13H16O3.C12H17NO3/c1-11(2)21(26)15-9-14(8-12(3)24)19-17(10-15)22(27)16-6-5-7-18(29-13(4)25)20(16)23(19)28;1-13(2)19(22)14(3)15-8-10-17(11-9-15)21-12-16-6-4-5-7-18(16)20(21)23;1-11(2)16(21)10-13-4-3-5-15(17(13)20)18(22)12-6-8-14(19)9-7-12;1-11(2)17(20)12(3)13-6-7-16-15(9-13)10-14-5-4-8-19-18(14)21-16;1-12(2)16(21)15(19)11-13-3-5-14(6-4-13)20(9-7-17)10-8-18;1-9(2)11(14)6-4-10-5-7-12(15)13(8-10)16-3;1-7(2)12(16)9(13)5-8-3-4-10(14)11(15)6-8/h5-7,9-11H,8H2,1-4H3;4-11,13-14H,12H2,1-3H3;3-9,11H,10,20H2,1-2H3;4-9,11-12H,10H2,1-3H3;3-6,12,15H,7-11,19H2,1-2H3;4-9,15H,1-3H3;3-4,6-7,9,14-15H,5,13H2,1-2H3/b;;;;;6-4+;/t;;;;15-;;9-/m....0.0/s1. The van der Waals surface area contributed by atoms with E-state index in [0.717, 1.165) is 91.2 Å². The number of carbonyl (C=O) groups is 13. The van der Waals surface area contributed by atoms with E-state index in [0.29, 0.717) is 70.7 Å². The highest BCUT2D eigenvalue weighted by molar-refractivity contribution is 9.10. The first-order chi connectivity index (χ1) is 70.0. The zero-order valence-electron chi connectivity index (χ0n) is 87.4. The molecule has 0 saturated carbocycles. The number of alkyl halides is 2. The lowest BCUT2D eigenvalue weighted by Gasteiger charge is -2.23. The molecule has 780 valence electrons. The number of Topliss-reactive ketones (excluding diaryl/α,β-unsaturated/α-hetero) is 7.